The van der Waals surface area contributed by atoms with Crippen molar-refractivity contribution < 1.29 is 9.53 Å². The normalized spacial score (nSPS) is 24.8. The van der Waals surface area contributed by atoms with E-state index in [2.05, 4.69) is 5.32 Å². The number of carbonyl (C=O) groups is 1. The quantitative estimate of drug-likeness (QED) is 0.907. The SMILES string of the molecule is COc1c(Cl)ccc(Cl)c1C(=O)N1CCC2(CCNC2)C1. The van der Waals surface area contributed by atoms with Gasteiger partial charge in [-0.05, 0) is 31.5 Å². The maximum absolute atomic E-state index is 12.8. The molecule has 0 radical (unpaired) electrons. The van der Waals surface area contributed by atoms with Gasteiger partial charge in [-0.3, -0.25) is 4.79 Å². The Morgan fingerprint density at radius 3 is 2.76 bits per heavy atom. The standard InChI is InChI=1S/C15H18Cl2N2O2/c1-21-13-11(17)3-2-10(16)12(13)14(20)19-7-5-15(9-19)4-6-18-8-15/h2-3,18H,4-9H2,1H3. The molecule has 0 saturated carbocycles. The minimum atomic E-state index is -0.0943. The minimum Gasteiger partial charge on any atom is -0.494 e. The van der Waals surface area contributed by atoms with Gasteiger partial charge in [0.15, 0.2) is 5.75 Å². The number of nitrogens with zero attached hydrogens (tertiary/aromatic N) is 1. The summed E-state index contributed by atoms with van der Waals surface area (Å²) in [5, 5.41) is 4.17. The first-order valence-corrected chi connectivity index (χ1v) is 7.84. The van der Waals surface area contributed by atoms with E-state index in [0.717, 1.165) is 39.0 Å². The van der Waals surface area contributed by atoms with Crippen LogP contribution < -0.4 is 10.1 Å². The zero-order valence-electron chi connectivity index (χ0n) is 11.9. The third-order valence-corrected chi connectivity index (χ3v) is 5.15. The Labute approximate surface area is 134 Å². The van der Waals surface area contributed by atoms with Gasteiger partial charge in [-0.25, -0.2) is 0 Å². The molecule has 3 rings (SSSR count). The van der Waals surface area contributed by atoms with E-state index in [4.69, 9.17) is 27.9 Å². The Morgan fingerprint density at radius 1 is 1.33 bits per heavy atom. The van der Waals surface area contributed by atoms with Crippen LogP contribution in [-0.4, -0.2) is 44.1 Å². The first-order valence-electron chi connectivity index (χ1n) is 7.08. The summed E-state index contributed by atoms with van der Waals surface area (Å²) < 4.78 is 5.28. The molecule has 1 spiro atoms. The highest BCUT2D eigenvalue weighted by molar-refractivity contribution is 6.37. The number of hydrogen-bond donors (Lipinski definition) is 1. The molecule has 21 heavy (non-hydrogen) atoms. The molecule has 1 unspecified atom stereocenters. The monoisotopic (exact) mass is 328 g/mol. The molecule has 2 saturated heterocycles. The molecular weight excluding hydrogens is 311 g/mol. The van der Waals surface area contributed by atoms with Crippen LogP contribution in [-0.2, 0) is 0 Å². The van der Waals surface area contributed by atoms with Gasteiger partial charge in [0.05, 0.1) is 17.2 Å². The van der Waals surface area contributed by atoms with Crippen LogP contribution in [0.25, 0.3) is 0 Å². The summed E-state index contributed by atoms with van der Waals surface area (Å²) in [4.78, 5) is 14.7. The van der Waals surface area contributed by atoms with Gasteiger partial charge in [0.25, 0.3) is 5.91 Å². The van der Waals surface area contributed by atoms with Gasteiger partial charge in [0, 0.05) is 25.0 Å². The number of likely N-dealkylation sites (tertiary alicyclic amines) is 1. The lowest BCUT2D eigenvalue weighted by Gasteiger charge is -2.23. The number of nitrogens with one attached hydrogen (secondary N) is 1. The highest BCUT2D eigenvalue weighted by Gasteiger charge is 2.42. The Hall–Kier alpha value is -0.970. The van der Waals surface area contributed by atoms with Gasteiger partial charge in [-0.15, -0.1) is 0 Å². The second-order valence-electron chi connectivity index (χ2n) is 5.84. The van der Waals surface area contributed by atoms with E-state index in [1.54, 1.807) is 12.1 Å². The van der Waals surface area contributed by atoms with Crippen molar-refractivity contribution in [2.75, 3.05) is 33.3 Å². The van der Waals surface area contributed by atoms with E-state index in [1.165, 1.54) is 7.11 Å². The summed E-state index contributed by atoms with van der Waals surface area (Å²) >= 11 is 12.3. The Bertz CT molecular complexity index is 571. The Morgan fingerprint density at radius 2 is 2.10 bits per heavy atom. The Kier molecular flexibility index (Phi) is 4.04. The molecule has 1 N–H and O–H groups in total. The largest absolute Gasteiger partial charge is 0.494 e. The number of amides is 1. The van der Waals surface area contributed by atoms with E-state index in [-0.39, 0.29) is 11.3 Å². The predicted octanol–water partition coefficient (Wildman–Crippen LogP) is 2.83. The molecule has 114 valence electrons. The van der Waals surface area contributed by atoms with Crippen molar-refractivity contribution in [2.24, 2.45) is 5.41 Å². The van der Waals surface area contributed by atoms with Gasteiger partial charge < -0.3 is 15.0 Å². The summed E-state index contributed by atoms with van der Waals surface area (Å²) in [5.41, 5.74) is 0.600. The average Bonchev–Trinajstić information content (AvgIpc) is 3.11. The van der Waals surface area contributed by atoms with E-state index < -0.39 is 0 Å². The van der Waals surface area contributed by atoms with Crippen LogP contribution in [0.5, 0.6) is 5.75 Å². The van der Waals surface area contributed by atoms with Crippen LogP contribution in [0.2, 0.25) is 10.0 Å². The lowest BCUT2D eigenvalue weighted by molar-refractivity contribution is 0.0772. The molecule has 1 atom stereocenters. The van der Waals surface area contributed by atoms with Crippen molar-refractivity contribution in [1.29, 1.82) is 0 Å². The molecule has 2 heterocycles. The maximum atomic E-state index is 12.8. The number of carbonyl (C=O) groups excluding carboxylic acids is 1. The highest BCUT2D eigenvalue weighted by Crippen LogP contribution is 2.39. The number of rotatable bonds is 2. The fourth-order valence-electron chi connectivity index (χ4n) is 3.34. The topological polar surface area (TPSA) is 41.6 Å². The van der Waals surface area contributed by atoms with E-state index in [0.29, 0.717) is 21.4 Å². The van der Waals surface area contributed by atoms with Crippen LogP contribution in [0, 0.1) is 5.41 Å². The highest BCUT2D eigenvalue weighted by atomic mass is 35.5. The summed E-state index contributed by atoms with van der Waals surface area (Å²) in [6.45, 7) is 3.54. The smallest absolute Gasteiger partial charge is 0.259 e. The molecule has 4 nitrogen and oxygen atoms in total. The van der Waals surface area contributed by atoms with E-state index in [1.807, 2.05) is 4.90 Å². The van der Waals surface area contributed by atoms with Gasteiger partial charge in [-0.1, -0.05) is 23.2 Å². The average molecular weight is 329 g/mol. The van der Waals surface area contributed by atoms with Crippen LogP contribution in [0.4, 0.5) is 0 Å². The number of hydrogen-bond acceptors (Lipinski definition) is 3. The van der Waals surface area contributed by atoms with Gasteiger partial charge in [0.2, 0.25) is 0 Å². The number of benzene rings is 1. The van der Waals surface area contributed by atoms with Crippen molar-refractivity contribution in [3.05, 3.63) is 27.7 Å². The maximum Gasteiger partial charge on any atom is 0.259 e. The third kappa shape index (κ3) is 2.60. The molecule has 1 amide bonds. The molecule has 2 fully saturated rings. The lowest BCUT2D eigenvalue weighted by atomic mass is 9.86. The van der Waals surface area contributed by atoms with Crippen molar-refractivity contribution >= 4 is 29.1 Å². The Balaban J connectivity index is 1.88. The van der Waals surface area contributed by atoms with E-state index >= 15 is 0 Å². The molecule has 2 aliphatic heterocycles. The molecule has 6 heteroatoms. The molecule has 1 aromatic carbocycles. The van der Waals surface area contributed by atoms with Crippen molar-refractivity contribution in [1.82, 2.24) is 10.2 Å². The van der Waals surface area contributed by atoms with Crippen LogP contribution in [0.15, 0.2) is 12.1 Å². The zero-order chi connectivity index (χ0) is 15.0. The first-order chi connectivity index (χ1) is 10.1. The fourth-order valence-corrected chi connectivity index (χ4v) is 3.81. The van der Waals surface area contributed by atoms with Gasteiger partial charge in [-0.2, -0.15) is 0 Å². The summed E-state index contributed by atoms with van der Waals surface area (Å²) in [7, 11) is 1.50. The zero-order valence-corrected chi connectivity index (χ0v) is 13.4. The van der Waals surface area contributed by atoms with Gasteiger partial charge in [0.1, 0.15) is 5.56 Å². The lowest BCUT2D eigenvalue weighted by Crippen LogP contribution is -2.33. The first kappa shape index (κ1) is 14.9. The predicted molar refractivity (Wildman–Crippen MR) is 83.5 cm³/mol. The molecule has 0 aromatic heterocycles. The number of methoxy groups -OCH3 is 1. The van der Waals surface area contributed by atoms with Gasteiger partial charge >= 0.3 is 0 Å². The number of halogens is 2. The molecule has 0 aliphatic carbocycles. The third-order valence-electron chi connectivity index (χ3n) is 4.53. The molecule has 1 aromatic rings. The van der Waals surface area contributed by atoms with Crippen LogP contribution >= 0.6 is 23.2 Å². The van der Waals surface area contributed by atoms with Crippen molar-refractivity contribution in [3.8, 4) is 5.75 Å². The second-order valence-corrected chi connectivity index (χ2v) is 6.66. The molecule has 0 bridgehead atoms. The number of ether oxygens (including phenoxy) is 1. The van der Waals surface area contributed by atoms with Crippen LogP contribution in [0.1, 0.15) is 23.2 Å². The molecular formula is C15H18Cl2N2O2. The summed E-state index contributed by atoms with van der Waals surface area (Å²) in [6, 6.07) is 3.29. The van der Waals surface area contributed by atoms with Crippen LogP contribution in [0.3, 0.4) is 0 Å². The fraction of sp³-hybridized carbons (Fsp3) is 0.533. The second kappa shape index (κ2) is 5.67. The minimum absolute atomic E-state index is 0.0943. The van der Waals surface area contributed by atoms with Crippen molar-refractivity contribution in [2.45, 2.75) is 12.8 Å². The molecule has 2 aliphatic rings. The summed E-state index contributed by atoms with van der Waals surface area (Å²) in [6.07, 6.45) is 2.16. The summed E-state index contributed by atoms with van der Waals surface area (Å²) in [5.74, 6) is 0.266. The van der Waals surface area contributed by atoms with E-state index in [9.17, 15) is 4.79 Å². The van der Waals surface area contributed by atoms with Crippen molar-refractivity contribution in [3.63, 3.8) is 0 Å².